The Hall–Kier alpha value is -1.85. The lowest BCUT2D eigenvalue weighted by molar-refractivity contribution is -0.144. The van der Waals surface area contributed by atoms with Crippen LogP contribution in [0.5, 0.6) is 5.88 Å². The van der Waals surface area contributed by atoms with Gasteiger partial charge in [-0.2, -0.15) is 4.98 Å². The lowest BCUT2D eigenvalue weighted by atomic mass is 10.1. The van der Waals surface area contributed by atoms with E-state index >= 15 is 0 Å². The molecule has 0 radical (unpaired) electrons. The van der Waals surface area contributed by atoms with Crippen LogP contribution in [0.15, 0.2) is 6.07 Å². The highest BCUT2D eigenvalue weighted by molar-refractivity contribution is 5.74. The molecule has 1 aliphatic rings. The zero-order chi connectivity index (χ0) is 13.8. The second kappa shape index (κ2) is 5.86. The fourth-order valence-electron chi connectivity index (χ4n) is 2.24. The highest BCUT2D eigenvalue weighted by Gasteiger charge is 2.30. The first-order chi connectivity index (χ1) is 9.13. The Balaban J connectivity index is 2.12. The van der Waals surface area contributed by atoms with Crippen LogP contribution in [0, 0.1) is 12.8 Å². The van der Waals surface area contributed by atoms with E-state index in [2.05, 4.69) is 14.9 Å². The molecule has 104 valence electrons. The number of carbonyl (C=O) groups is 1. The van der Waals surface area contributed by atoms with E-state index in [1.54, 1.807) is 0 Å². The molecular formula is C13H19N3O3. The van der Waals surface area contributed by atoms with Crippen molar-refractivity contribution in [2.45, 2.75) is 20.3 Å². The summed E-state index contributed by atoms with van der Waals surface area (Å²) in [6, 6.07) is 1.82. The summed E-state index contributed by atoms with van der Waals surface area (Å²) in [6.45, 7) is 5.75. The van der Waals surface area contributed by atoms with Crippen LogP contribution in [-0.4, -0.2) is 42.7 Å². The van der Waals surface area contributed by atoms with Crippen molar-refractivity contribution in [3.05, 3.63) is 11.9 Å². The number of anilines is 1. The summed E-state index contributed by atoms with van der Waals surface area (Å²) in [5, 5.41) is 0. The number of aromatic nitrogens is 2. The van der Waals surface area contributed by atoms with Crippen LogP contribution in [0.1, 0.15) is 19.2 Å². The van der Waals surface area contributed by atoms with Gasteiger partial charge in [0.25, 0.3) is 0 Å². The molecule has 6 heteroatoms. The van der Waals surface area contributed by atoms with E-state index in [-0.39, 0.29) is 11.9 Å². The first-order valence-corrected chi connectivity index (χ1v) is 6.45. The smallest absolute Gasteiger partial charge is 0.310 e. The van der Waals surface area contributed by atoms with E-state index in [1.807, 2.05) is 19.9 Å². The third-order valence-corrected chi connectivity index (χ3v) is 3.14. The number of methoxy groups -OCH3 is 1. The zero-order valence-electron chi connectivity index (χ0n) is 11.5. The van der Waals surface area contributed by atoms with Gasteiger partial charge in [-0.15, -0.1) is 0 Å². The van der Waals surface area contributed by atoms with Gasteiger partial charge in [0.1, 0.15) is 11.6 Å². The fraction of sp³-hybridized carbons (Fsp3) is 0.615. The van der Waals surface area contributed by atoms with Crippen molar-refractivity contribution in [2.24, 2.45) is 5.92 Å². The minimum absolute atomic E-state index is 0.0733. The predicted octanol–water partition coefficient (Wildman–Crippen LogP) is 1.18. The molecule has 0 saturated carbocycles. The summed E-state index contributed by atoms with van der Waals surface area (Å²) in [5.41, 5.74) is 0. The number of ether oxygens (including phenoxy) is 2. The molecule has 2 heterocycles. The van der Waals surface area contributed by atoms with Crippen molar-refractivity contribution >= 4 is 11.8 Å². The molecule has 1 aromatic rings. The van der Waals surface area contributed by atoms with Gasteiger partial charge in [0.05, 0.1) is 19.6 Å². The van der Waals surface area contributed by atoms with Gasteiger partial charge in [-0.25, -0.2) is 4.98 Å². The van der Waals surface area contributed by atoms with Gasteiger partial charge in [-0.3, -0.25) is 4.79 Å². The molecule has 2 rings (SSSR count). The summed E-state index contributed by atoms with van der Waals surface area (Å²) in [6.07, 6.45) is 0.791. The maximum atomic E-state index is 11.5. The fourth-order valence-corrected chi connectivity index (χ4v) is 2.24. The predicted molar refractivity (Wildman–Crippen MR) is 70.3 cm³/mol. The molecule has 1 saturated heterocycles. The van der Waals surface area contributed by atoms with Crippen LogP contribution in [-0.2, 0) is 9.53 Å². The van der Waals surface area contributed by atoms with Crippen molar-refractivity contribution in [3.63, 3.8) is 0 Å². The Bertz CT molecular complexity index is 464. The number of carbonyl (C=O) groups excluding carboxylic acids is 1. The van der Waals surface area contributed by atoms with Crippen LogP contribution in [0.2, 0.25) is 0 Å². The van der Waals surface area contributed by atoms with Crippen molar-refractivity contribution in [1.29, 1.82) is 0 Å². The summed E-state index contributed by atoms with van der Waals surface area (Å²) in [7, 11) is 1.42. The number of nitrogens with zero attached hydrogens (tertiary/aromatic N) is 3. The van der Waals surface area contributed by atoms with E-state index < -0.39 is 0 Å². The number of rotatable bonds is 4. The summed E-state index contributed by atoms with van der Waals surface area (Å²) in [5.74, 6) is 1.82. The van der Waals surface area contributed by atoms with Gasteiger partial charge in [-0.1, -0.05) is 0 Å². The van der Waals surface area contributed by atoms with E-state index in [0.717, 1.165) is 18.8 Å². The number of esters is 1. The maximum absolute atomic E-state index is 11.5. The molecule has 1 fully saturated rings. The minimum Gasteiger partial charge on any atom is -0.478 e. The molecule has 1 unspecified atom stereocenters. The van der Waals surface area contributed by atoms with E-state index in [4.69, 9.17) is 9.47 Å². The van der Waals surface area contributed by atoms with Gasteiger partial charge in [0.15, 0.2) is 0 Å². The Morgan fingerprint density at radius 2 is 2.32 bits per heavy atom. The van der Waals surface area contributed by atoms with Crippen LogP contribution >= 0.6 is 0 Å². The lowest BCUT2D eigenvalue weighted by Gasteiger charge is -2.18. The molecule has 0 bridgehead atoms. The topological polar surface area (TPSA) is 64.5 Å². The normalized spacial score (nSPS) is 18.5. The Morgan fingerprint density at radius 1 is 1.53 bits per heavy atom. The number of hydrogen-bond donors (Lipinski definition) is 0. The van der Waals surface area contributed by atoms with Crippen LogP contribution in [0.3, 0.4) is 0 Å². The van der Waals surface area contributed by atoms with E-state index in [9.17, 15) is 4.79 Å². The Morgan fingerprint density at radius 3 is 3.00 bits per heavy atom. The maximum Gasteiger partial charge on any atom is 0.310 e. The quantitative estimate of drug-likeness (QED) is 0.762. The summed E-state index contributed by atoms with van der Waals surface area (Å²) >= 11 is 0. The first kappa shape index (κ1) is 13.6. The van der Waals surface area contributed by atoms with Crippen molar-refractivity contribution in [3.8, 4) is 5.88 Å². The van der Waals surface area contributed by atoms with E-state index in [0.29, 0.717) is 24.9 Å². The highest BCUT2D eigenvalue weighted by atomic mass is 16.5. The molecule has 1 aliphatic heterocycles. The number of aryl methyl sites for hydroxylation is 1. The standard InChI is InChI=1S/C13H19N3O3/c1-4-19-12-7-11(14-9(2)15-12)16-6-5-10(8-16)13(17)18-3/h7,10H,4-6,8H2,1-3H3. The third kappa shape index (κ3) is 3.13. The van der Waals surface area contributed by atoms with Gasteiger partial charge in [0, 0.05) is 19.2 Å². The molecular weight excluding hydrogens is 246 g/mol. The second-order valence-electron chi connectivity index (χ2n) is 4.50. The molecule has 19 heavy (non-hydrogen) atoms. The summed E-state index contributed by atoms with van der Waals surface area (Å²) in [4.78, 5) is 22.2. The first-order valence-electron chi connectivity index (χ1n) is 6.45. The van der Waals surface area contributed by atoms with Crippen LogP contribution in [0.4, 0.5) is 5.82 Å². The third-order valence-electron chi connectivity index (χ3n) is 3.14. The Kier molecular flexibility index (Phi) is 4.19. The number of hydrogen-bond acceptors (Lipinski definition) is 6. The second-order valence-corrected chi connectivity index (χ2v) is 4.50. The molecule has 1 aromatic heterocycles. The largest absolute Gasteiger partial charge is 0.478 e. The minimum atomic E-state index is -0.154. The molecule has 0 amide bonds. The SMILES string of the molecule is CCOc1cc(N2CCC(C(=O)OC)C2)nc(C)n1. The zero-order valence-corrected chi connectivity index (χ0v) is 11.5. The van der Waals surface area contributed by atoms with Crippen molar-refractivity contribution in [2.75, 3.05) is 31.7 Å². The highest BCUT2D eigenvalue weighted by Crippen LogP contribution is 2.25. The summed E-state index contributed by atoms with van der Waals surface area (Å²) < 4.78 is 10.2. The van der Waals surface area contributed by atoms with Crippen molar-refractivity contribution in [1.82, 2.24) is 9.97 Å². The molecule has 0 aliphatic carbocycles. The average Bonchev–Trinajstić information content (AvgIpc) is 2.87. The van der Waals surface area contributed by atoms with Gasteiger partial charge >= 0.3 is 5.97 Å². The molecule has 0 aromatic carbocycles. The van der Waals surface area contributed by atoms with Crippen LogP contribution in [0.25, 0.3) is 0 Å². The Labute approximate surface area is 112 Å². The van der Waals surface area contributed by atoms with Crippen molar-refractivity contribution < 1.29 is 14.3 Å². The molecule has 6 nitrogen and oxygen atoms in total. The van der Waals surface area contributed by atoms with Gasteiger partial charge in [0.2, 0.25) is 5.88 Å². The van der Waals surface area contributed by atoms with Gasteiger partial charge in [-0.05, 0) is 20.3 Å². The monoisotopic (exact) mass is 265 g/mol. The lowest BCUT2D eigenvalue weighted by Crippen LogP contribution is -2.24. The van der Waals surface area contributed by atoms with E-state index in [1.165, 1.54) is 7.11 Å². The van der Waals surface area contributed by atoms with Gasteiger partial charge < -0.3 is 14.4 Å². The molecule has 0 spiro atoms. The molecule has 1 atom stereocenters. The van der Waals surface area contributed by atoms with Crippen LogP contribution < -0.4 is 9.64 Å². The molecule has 0 N–H and O–H groups in total. The average molecular weight is 265 g/mol.